The van der Waals surface area contributed by atoms with Crippen LogP contribution in [0.2, 0.25) is 0 Å². The number of piperidine rings is 1. The number of carbonyl (C=O) groups excluding carboxylic acids is 2. The number of hydrogen-bond donors (Lipinski definition) is 1. The lowest BCUT2D eigenvalue weighted by Gasteiger charge is -2.20. The van der Waals surface area contributed by atoms with E-state index in [4.69, 9.17) is 4.42 Å². The quantitative estimate of drug-likeness (QED) is 0.799. The van der Waals surface area contributed by atoms with E-state index in [0.29, 0.717) is 35.8 Å². The molecule has 1 saturated heterocycles. The number of benzene rings is 1. The van der Waals surface area contributed by atoms with Crippen LogP contribution in [0, 0.1) is 17.8 Å². The molecule has 0 spiro atoms. The van der Waals surface area contributed by atoms with Crippen molar-refractivity contribution < 1.29 is 14.0 Å². The average Bonchev–Trinajstić information content (AvgIpc) is 3.08. The zero-order valence-corrected chi connectivity index (χ0v) is 16.0. The first-order chi connectivity index (χ1) is 14.2. The Morgan fingerprint density at radius 3 is 2.76 bits per heavy atom. The summed E-state index contributed by atoms with van der Waals surface area (Å²) in [5, 5.41) is 2.96. The second-order valence-corrected chi connectivity index (χ2v) is 7.88. The largest absolute Gasteiger partial charge is 0.450 e. The summed E-state index contributed by atoms with van der Waals surface area (Å²) in [6.07, 6.45) is 8.25. The third-order valence-electron chi connectivity index (χ3n) is 6.14. The lowest BCUT2D eigenvalue weighted by molar-refractivity contribution is 0.0767. The minimum absolute atomic E-state index is 0.125. The van der Waals surface area contributed by atoms with Crippen LogP contribution >= 0.6 is 0 Å². The third-order valence-corrected chi connectivity index (χ3v) is 6.14. The molecule has 1 aromatic heterocycles. The summed E-state index contributed by atoms with van der Waals surface area (Å²) in [6.45, 7) is 2.28. The van der Waals surface area contributed by atoms with E-state index in [0.717, 1.165) is 30.6 Å². The molecule has 3 atom stereocenters. The minimum Gasteiger partial charge on any atom is -0.450 e. The van der Waals surface area contributed by atoms with Gasteiger partial charge in [0.25, 0.3) is 11.8 Å². The Bertz CT molecular complexity index is 1030. The molecular formula is C24H22N2O3. The maximum Gasteiger partial charge on any atom is 0.287 e. The van der Waals surface area contributed by atoms with E-state index >= 15 is 0 Å². The molecular weight excluding hydrogens is 364 g/mol. The molecule has 1 saturated carbocycles. The first-order valence-electron chi connectivity index (χ1n) is 10.1. The number of allylic oxidation sites excluding steroid dienone is 2. The van der Waals surface area contributed by atoms with Crippen molar-refractivity contribution in [1.82, 2.24) is 10.2 Å². The summed E-state index contributed by atoms with van der Waals surface area (Å²) in [6, 6.07) is 11.2. The van der Waals surface area contributed by atoms with Gasteiger partial charge in [0.1, 0.15) is 5.76 Å². The van der Waals surface area contributed by atoms with Gasteiger partial charge in [0.2, 0.25) is 0 Å². The fraction of sp³-hybridized carbons (Fsp3) is 0.292. The number of furan rings is 1. The fourth-order valence-electron chi connectivity index (χ4n) is 4.55. The summed E-state index contributed by atoms with van der Waals surface area (Å²) in [4.78, 5) is 26.9. The Balaban J connectivity index is 1.09. The zero-order valence-electron chi connectivity index (χ0n) is 16.0. The smallest absolute Gasteiger partial charge is 0.287 e. The second-order valence-electron chi connectivity index (χ2n) is 7.88. The zero-order chi connectivity index (χ0) is 19.8. The molecule has 5 rings (SSSR count). The molecule has 1 aliphatic heterocycles. The first-order valence-corrected chi connectivity index (χ1v) is 10.1. The van der Waals surface area contributed by atoms with Crippen molar-refractivity contribution in [1.29, 1.82) is 0 Å². The highest BCUT2D eigenvalue weighted by molar-refractivity contribution is 5.94. The van der Waals surface area contributed by atoms with E-state index in [1.807, 2.05) is 47.4 Å². The van der Waals surface area contributed by atoms with Crippen molar-refractivity contribution in [3.8, 4) is 0 Å². The van der Waals surface area contributed by atoms with Crippen LogP contribution in [0.5, 0.6) is 0 Å². The number of hydrogen-bond acceptors (Lipinski definition) is 3. The molecule has 2 amide bonds. The van der Waals surface area contributed by atoms with Gasteiger partial charge < -0.3 is 14.6 Å². The van der Waals surface area contributed by atoms with Gasteiger partial charge in [-0.1, -0.05) is 30.4 Å². The number of nitrogens with one attached hydrogen (secondary N) is 1. The van der Waals surface area contributed by atoms with Gasteiger partial charge in [-0.05, 0) is 48.4 Å². The van der Waals surface area contributed by atoms with Crippen LogP contribution in [0.25, 0.3) is 12.2 Å². The molecule has 1 N–H and O–H groups in total. The van der Waals surface area contributed by atoms with Crippen molar-refractivity contribution in [2.24, 2.45) is 17.8 Å². The highest BCUT2D eigenvalue weighted by atomic mass is 16.3. The lowest BCUT2D eigenvalue weighted by Crippen LogP contribution is -2.32. The molecule has 2 fully saturated rings. The molecule has 1 unspecified atom stereocenters. The Labute approximate surface area is 169 Å². The standard InChI is InChI=1S/C24H22N2O3/c27-23(22-13-17-9-5-2-6-10-21(17)29-22)25-12-11-18-19-14-26(15-20(18)19)24(28)16-7-3-1-4-8-16/h1-5,7-10,13,18-20H,11-12,14-15H2,(H,25,27)/t18?,19-,20+. The van der Waals surface area contributed by atoms with E-state index in [1.54, 1.807) is 18.2 Å². The van der Waals surface area contributed by atoms with E-state index in [-0.39, 0.29) is 11.8 Å². The van der Waals surface area contributed by atoms with Gasteiger partial charge in [-0.25, -0.2) is 0 Å². The predicted molar refractivity (Wildman–Crippen MR) is 110 cm³/mol. The highest BCUT2D eigenvalue weighted by Gasteiger charge is 2.55. The van der Waals surface area contributed by atoms with Gasteiger partial charge in [-0.3, -0.25) is 9.59 Å². The third kappa shape index (κ3) is 3.45. The van der Waals surface area contributed by atoms with Gasteiger partial charge in [0.15, 0.2) is 5.76 Å². The number of likely N-dealkylation sites (tertiary alicyclic amines) is 1. The fourth-order valence-corrected chi connectivity index (χ4v) is 4.55. The molecule has 5 heteroatoms. The van der Waals surface area contributed by atoms with Gasteiger partial charge >= 0.3 is 0 Å². The molecule has 0 bridgehead atoms. The Hall–Kier alpha value is -3.30. The summed E-state index contributed by atoms with van der Waals surface area (Å²) >= 11 is 0. The Kier molecular flexibility index (Phi) is 4.45. The van der Waals surface area contributed by atoms with Crippen LogP contribution in [-0.4, -0.2) is 36.3 Å². The van der Waals surface area contributed by atoms with Gasteiger partial charge in [0.05, 0.1) is 0 Å². The molecule has 146 valence electrons. The maximum atomic E-state index is 12.5. The lowest BCUT2D eigenvalue weighted by atomic mass is 10.1. The number of fused-ring (bicyclic) bond motifs is 2. The SMILES string of the molecule is O=C(NCCC1[C@H]2CN(C(=O)c3ccccc3)C[C@@H]12)c1cc2c(o1)C=C=CC=C2. The minimum atomic E-state index is -0.185. The maximum absolute atomic E-state index is 12.5. The first kappa shape index (κ1) is 17.8. The van der Waals surface area contributed by atoms with Gasteiger partial charge in [0, 0.05) is 36.8 Å². The van der Waals surface area contributed by atoms with Crippen molar-refractivity contribution >= 4 is 24.0 Å². The van der Waals surface area contributed by atoms with Crippen molar-refractivity contribution in [2.45, 2.75) is 6.42 Å². The van der Waals surface area contributed by atoms with E-state index in [2.05, 4.69) is 11.0 Å². The van der Waals surface area contributed by atoms with E-state index in [1.165, 1.54) is 0 Å². The van der Waals surface area contributed by atoms with Gasteiger partial charge in [-0.2, -0.15) is 0 Å². The summed E-state index contributed by atoms with van der Waals surface area (Å²) in [5.74, 6) is 2.66. The van der Waals surface area contributed by atoms with Crippen molar-refractivity contribution in [2.75, 3.05) is 19.6 Å². The summed E-state index contributed by atoms with van der Waals surface area (Å²) in [5.41, 5.74) is 4.62. The molecule has 0 radical (unpaired) electrons. The van der Waals surface area contributed by atoms with E-state index < -0.39 is 0 Å². The number of nitrogens with zero attached hydrogens (tertiary/aromatic N) is 1. The number of amides is 2. The predicted octanol–water partition coefficient (Wildman–Crippen LogP) is 3.61. The van der Waals surface area contributed by atoms with Crippen LogP contribution in [-0.2, 0) is 0 Å². The van der Waals surface area contributed by atoms with Crippen LogP contribution in [0.4, 0.5) is 0 Å². The van der Waals surface area contributed by atoms with E-state index in [9.17, 15) is 9.59 Å². The normalized spacial score (nSPS) is 23.4. The van der Waals surface area contributed by atoms with Gasteiger partial charge in [-0.15, -0.1) is 5.73 Å². The Morgan fingerprint density at radius 2 is 1.97 bits per heavy atom. The summed E-state index contributed by atoms with van der Waals surface area (Å²) in [7, 11) is 0. The molecule has 2 heterocycles. The highest BCUT2D eigenvalue weighted by Crippen LogP contribution is 2.53. The topological polar surface area (TPSA) is 62.6 Å². The van der Waals surface area contributed by atoms with Crippen LogP contribution in [0.15, 0.2) is 58.7 Å². The second kappa shape index (κ2) is 7.26. The molecule has 2 aliphatic carbocycles. The Morgan fingerprint density at radius 1 is 1.17 bits per heavy atom. The molecule has 5 nitrogen and oxygen atoms in total. The van der Waals surface area contributed by atoms with Crippen LogP contribution in [0.1, 0.15) is 38.7 Å². The molecule has 3 aliphatic rings. The summed E-state index contributed by atoms with van der Waals surface area (Å²) < 4.78 is 5.63. The molecule has 2 aromatic rings. The molecule has 1 aromatic carbocycles. The van der Waals surface area contributed by atoms with Crippen molar-refractivity contribution in [3.63, 3.8) is 0 Å². The molecule has 29 heavy (non-hydrogen) atoms. The van der Waals surface area contributed by atoms with Crippen LogP contribution in [0.3, 0.4) is 0 Å². The number of rotatable bonds is 5. The monoisotopic (exact) mass is 386 g/mol. The van der Waals surface area contributed by atoms with Crippen molar-refractivity contribution in [3.05, 3.63) is 76.9 Å². The number of carbonyl (C=O) groups is 2. The average molecular weight is 386 g/mol. The van der Waals surface area contributed by atoms with Crippen LogP contribution < -0.4 is 5.32 Å².